The molecule has 4 nitrogen and oxygen atoms in total. The molecule has 0 spiro atoms. The third kappa shape index (κ3) is 2.58. The third-order valence-corrected chi connectivity index (χ3v) is 3.22. The topological polar surface area (TPSA) is 42.8 Å². The number of nitrogens with one attached hydrogen (secondary N) is 1. The number of ether oxygens (including phenoxy) is 1. The molecule has 0 saturated heterocycles. The van der Waals surface area contributed by atoms with Crippen LogP contribution >= 0.6 is 0 Å². The average molecular weight is 295 g/mol. The molecule has 0 bridgehead atoms. The van der Waals surface area contributed by atoms with Crippen LogP contribution in [0.3, 0.4) is 0 Å². The van der Waals surface area contributed by atoms with Gasteiger partial charge in [0.1, 0.15) is 5.75 Å². The standard InChI is InChI=1S/C14H12F3N3O/c1-2-20-8-18-7-13(20)11-6-19-12-4-3-9(5-10(11)12)21-14(15,16)17/h3-8,19H,2H2,1H3. The third-order valence-electron chi connectivity index (χ3n) is 3.22. The molecule has 0 radical (unpaired) electrons. The van der Waals surface area contributed by atoms with E-state index < -0.39 is 6.36 Å². The number of fused-ring (bicyclic) bond motifs is 1. The first-order valence-electron chi connectivity index (χ1n) is 6.35. The van der Waals surface area contributed by atoms with Crippen LogP contribution in [0.2, 0.25) is 0 Å². The lowest BCUT2D eigenvalue weighted by atomic mass is 10.1. The summed E-state index contributed by atoms with van der Waals surface area (Å²) >= 11 is 0. The number of aryl methyl sites for hydroxylation is 1. The maximum atomic E-state index is 12.3. The highest BCUT2D eigenvalue weighted by molar-refractivity contribution is 5.95. The van der Waals surface area contributed by atoms with Gasteiger partial charge in [-0.15, -0.1) is 13.2 Å². The summed E-state index contributed by atoms with van der Waals surface area (Å²) in [4.78, 5) is 7.12. The van der Waals surface area contributed by atoms with Gasteiger partial charge in [0, 0.05) is 29.2 Å². The van der Waals surface area contributed by atoms with Crippen LogP contribution < -0.4 is 4.74 Å². The second-order valence-corrected chi connectivity index (χ2v) is 4.52. The molecule has 0 unspecified atom stereocenters. The molecule has 110 valence electrons. The van der Waals surface area contributed by atoms with Crippen LogP contribution in [-0.4, -0.2) is 20.9 Å². The smallest absolute Gasteiger partial charge is 0.406 e. The van der Waals surface area contributed by atoms with E-state index in [1.807, 2.05) is 11.5 Å². The summed E-state index contributed by atoms with van der Waals surface area (Å²) in [5.74, 6) is -0.238. The Balaban J connectivity index is 2.10. The van der Waals surface area contributed by atoms with Crippen molar-refractivity contribution in [1.29, 1.82) is 0 Å². The van der Waals surface area contributed by atoms with Crippen molar-refractivity contribution < 1.29 is 17.9 Å². The van der Waals surface area contributed by atoms with E-state index in [4.69, 9.17) is 0 Å². The molecular weight excluding hydrogens is 283 g/mol. The largest absolute Gasteiger partial charge is 0.573 e. The van der Waals surface area contributed by atoms with Gasteiger partial charge in [-0.2, -0.15) is 0 Å². The first-order valence-corrected chi connectivity index (χ1v) is 6.35. The maximum absolute atomic E-state index is 12.3. The summed E-state index contributed by atoms with van der Waals surface area (Å²) in [5.41, 5.74) is 2.37. The summed E-state index contributed by atoms with van der Waals surface area (Å²) in [6.07, 6.45) is 0.425. The number of H-pyrrole nitrogens is 1. The average Bonchev–Trinajstić information content (AvgIpc) is 3.01. The van der Waals surface area contributed by atoms with Crippen LogP contribution in [0.15, 0.2) is 36.9 Å². The molecule has 1 aromatic carbocycles. The molecule has 3 aromatic rings. The van der Waals surface area contributed by atoms with E-state index in [1.54, 1.807) is 24.8 Å². The van der Waals surface area contributed by atoms with Gasteiger partial charge >= 0.3 is 6.36 Å². The molecule has 7 heteroatoms. The fourth-order valence-corrected chi connectivity index (χ4v) is 2.31. The van der Waals surface area contributed by atoms with Crippen molar-refractivity contribution in [3.63, 3.8) is 0 Å². The number of aromatic nitrogens is 3. The van der Waals surface area contributed by atoms with Crippen molar-refractivity contribution in [2.24, 2.45) is 0 Å². The molecule has 0 saturated carbocycles. The number of benzene rings is 1. The van der Waals surface area contributed by atoms with Crippen molar-refractivity contribution in [2.45, 2.75) is 19.8 Å². The van der Waals surface area contributed by atoms with Crippen molar-refractivity contribution in [1.82, 2.24) is 14.5 Å². The predicted octanol–water partition coefficient (Wildman–Crippen LogP) is 3.95. The summed E-state index contributed by atoms with van der Waals surface area (Å²) in [5, 5.41) is 0.659. The van der Waals surface area contributed by atoms with Gasteiger partial charge in [-0.25, -0.2) is 4.98 Å². The second kappa shape index (κ2) is 4.83. The Kier molecular flexibility index (Phi) is 3.12. The number of halogens is 3. The fourth-order valence-electron chi connectivity index (χ4n) is 2.31. The minimum atomic E-state index is -4.70. The zero-order valence-electron chi connectivity index (χ0n) is 11.1. The lowest BCUT2D eigenvalue weighted by molar-refractivity contribution is -0.274. The molecular formula is C14H12F3N3O. The molecule has 0 aliphatic carbocycles. The van der Waals surface area contributed by atoms with Crippen LogP contribution in [0.1, 0.15) is 6.92 Å². The number of aromatic amines is 1. The van der Waals surface area contributed by atoms with Crippen LogP contribution in [-0.2, 0) is 6.54 Å². The van der Waals surface area contributed by atoms with Gasteiger partial charge in [-0.3, -0.25) is 0 Å². The van der Waals surface area contributed by atoms with Gasteiger partial charge in [0.05, 0.1) is 18.2 Å². The number of rotatable bonds is 3. The van der Waals surface area contributed by atoms with Gasteiger partial charge in [0.25, 0.3) is 0 Å². The van der Waals surface area contributed by atoms with Gasteiger partial charge in [0.15, 0.2) is 0 Å². The Morgan fingerprint density at radius 1 is 1.33 bits per heavy atom. The summed E-state index contributed by atoms with van der Waals surface area (Å²) in [6.45, 7) is 2.69. The highest BCUT2D eigenvalue weighted by atomic mass is 19.4. The summed E-state index contributed by atoms with van der Waals surface area (Å²) < 4.78 is 42.8. The van der Waals surface area contributed by atoms with E-state index in [1.165, 1.54) is 12.1 Å². The highest BCUT2D eigenvalue weighted by Crippen LogP contribution is 2.32. The first-order chi connectivity index (χ1) is 9.98. The Bertz CT molecular complexity index is 773. The summed E-state index contributed by atoms with van der Waals surface area (Å²) in [6, 6.07) is 4.22. The van der Waals surface area contributed by atoms with E-state index in [9.17, 15) is 13.2 Å². The Labute approximate surface area is 118 Å². The quantitative estimate of drug-likeness (QED) is 0.795. The normalized spacial score (nSPS) is 12.0. The molecule has 3 rings (SSSR count). The molecule has 21 heavy (non-hydrogen) atoms. The van der Waals surface area contributed by atoms with E-state index in [-0.39, 0.29) is 5.75 Å². The predicted molar refractivity (Wildman–Crippen MR) is 71.9 cm³/mol. The van der Waals surface area contributed by atoms with Gasteiger partial charge < -0.3 is 14.3 Å². The van der Waals surface area contributed by atoms with Crippen LogP contribution in [0, 0.1) is 0 Å². The molecule has 0 fully saturated rings. The number of nitrogens with zero attached hydrogens (tertiary/aromatic N) is 2. The van der Waals surface area contributed by atoms with Crippen LogP contribution in [0.5, 0.6) is 5.75 Å². The van der Waals surface area contributed by atoms with Crippen molar-refractivity contribution >= 4 is 10.9 Å². The van der Waals surface area contributed by atoms with E-state index in [0.29, 0.717) is 5.39 Å². The fraction of sp³-hybridized carbons (Fsp3) is 0.214. The Morgan fingerprint density at radius 2 is 2.14 bits per heavy atom. The number of hydrogen-bond acceptors (Lipinski definition) is 2. The second-order valence-electron chi connectivity index (χ2n) is 4.52. The van der Waals surface area contributed by atoms with Crippen molar-refractivity contribution in [3.8, 4) is 17.0 Å². The molecule has 0 amide bonds. The monoisotopic (exact) mass is 295 g/mol. The van der Waals surface area contributed by atoms with Gasteiger partial charge in [-0.1, -0.05) is 0 Å². The lowest BCUT2D eigenvalue weighted by Gasteiger charge is -2.09. The minimum Gasteiger partial charge on any atom is -0.406 e. The van der Waals surface area contributed by atoms with Crippen molar-refractivity contribution in [2.75, 3.05) is 0 Å². The van der Waals surface area contributed by atoms with Crippen LogP contribution in [0.25, 0.3) is 22.2 Å². The summed E-state index contributed by atoms with van der Waals surface area (Å²) in [7, 11) is 0. The number of hydrogen-bond donors (Lipinski definition) is 1. The molecule has 0 atom stereocenters. The number of imidazole rings is 1. The zero-order chi connectivity index (χ0) is 15.0. The van der Waals surface area contributed by atoms with Gasteiger partial charge in [-0.05, 0) is 25.1 Å². The Morgan fingerprint density at radius 3 is 2.86 bits per heavy atom. The van der Waals surface area contributed by atoms with E-state index in [0.717, 1.165) is 23.3 Å². The molecule has 0 aliphatic rings. The highest BCUT2D eigenvalue weighted by Gasteiger charge is 2.31. The van der Waals surface area contributed by atoms with Crippen molar-refractivity contribution in [3.05, 3.63) is 36.9 Å². The molecule has 2 heterocycles. The molecule has 1 N–H and O–H groups in total. The SMILES string of the molecule is CCn1cncc1-c1c[nH]c2ccc(OC(F)(F)F)cc12. The molecule has 0 aliphatic heterocycles. The number of alkyl halides is 3. The first kappa shape index (κ1) is 13.5. The maximum Gasteiger partial charge on any atom is 0.573 e. The zero-order valence-corrected chi connectivity index (χ0v) is 11.1. The lowest BCUT2D eigenvalue weighted by Crippen LogP contribution is -2.16. The van der Waals surface area contributed by atoms with Crippen LogP contribution in [0.4, 0.5) is 13.2 Å². The van der Waals surface area contributed by atoms with E-state index >= 15 is 0 Å². The van der Waals surface area contributed by atoms with E-state index in [2.05, 4.69) is 14.7 Å². The van der Waals surface area contributed by atoms with Gasteiger partial charge in [0.2, 0.25) is 0 Å². The Hall–Kier alpha value is -2.44. The minimum absolute atomic E-state index is 0.238. The molecule has 2 aromatic heterocycles.